The van der Waals surface area contributed by atoms with Crippen molar-refractivity contribution >= 4 is 21.4 Å². The molecule has 13 heavy (non-hydrogen) atoms. The monoisotopic (exact) mass is 225 g/mol. The summed E-state index contributed by atoms with van der Waals surface area (Å²) in [6.45, 7) is 2.54. The normalized spacial score (nSPS) is 15.5. The third kappa shape index (κ3) is 7.05. The van der Waals surface area contributed by atoms with E-state index in [9.17, 15) is 8.42 Å². The molecule has 0 fully saturated rings. The van der Waals surface area contributed by atoms with Crippen LogP contribution in [-0.2, 0) is 9.84 Å². The average molecular weight is 226 g/mol. The molecule has 0 aromatic heterocycles. The van der Waals surface area contributed by atoms with E-state index in [4.69, 9.17) is 11.6 Å². The van der Waals surface area contributed by atoms with Crippen LogP contribution in [0.15, 0.2) is 11.6 Å². The summed E-state index contributed by atoms with van der Waals surface area (Å²) in [5, 5.41) is 0. The lowest BCUT2D eigenvalue weighted by Gasteiger charge is -2.22. The van der Waals surface area contributed by atoms with Gasteiger partial charge in [0.1, 0.15) is 9.84 Å². The predicted octanol–water partition coefficient (Wildman–Crippen LogP) is 1.10. The molecule has 0 spiro atoms. The summed E-state index contributed by atoms with van der Waals surface area (Å²) in [6.07, 6.45) is 3.02. The molecule has 0 aromatic carbocycles. The Morgan fingerprint density at radius 2 is 2.08 bits per heavy atom. The standard InChI is InChI=1S/C8H16ClNO2S/c1-8(7-13(3,11)12)10(2)6-4-5-9/h4-5,8H,6-7H2,1-3H3. The molecule has 0 amide bonds. The van der Waals surface area contributed by atoms with Gasteiger partial charge in [-0.3, -0.25) is 4.90 Å². The lowest BCUT2D eigenvalue weighted by molar-refractivity contribution is 0.304. The molecule has 0 aliphatic carbocycles. The summed E-state index contributed by atoms with van der Waals surface area (Å²) in [5.41, 5.74) is 1.43. The van der Waals surface area contributed by atoms with Crippen LogP contribution in [-0.4, -0.2) is 45.0 Å². The van der Waals surface area contributed by atoms with Crippen LogP contribution in [0.3, 0.4) is 0 Å². The van der Waals surface area contributed by atoms with Gasteiger partial charge in [0.2, 0.25) is 0 Å². The van der Waals surface area contributed by atoms with Crippen molar-refractivity contribution in [3.05, 3.63) is 11.6 Å². The maximum atomic E-state index is 10.9. The second-order valence-corrected chi connectivity index (χ2v) is 5.68. The van der Waals surface area contributed by atoms with Crippen LogP contribution < -0.4 is 0 Å². The van der Waals surface area contributed by atoms with Crippen molar-refractivity contribution in [3.8, 4) is 0 Å². The molecule has 0 aliphatic heterocycles. The molecule has 0 saturated carbocycles. The Balaban J connectivity index is 4.03. The number of hydrogen-bond donors (Lipinski definition) is 0. The number of sulfone groups is 1. The Kier molecular flexibility index (Phi) is 5.60. The van der Waals surface area contributed by atoms with Crippen molar-refractivity contribution < 1.29 is 8.42 Å². The Labute approximate surface area is 85.3 Å². The number of nitrogens with zero attached hydrogens (tertiary/aromatic N) is 1. The molecule has 5 heteroatoms. The van der Waals surface area contributed by atoms with Crippen LogP contribution in [0.2, 0.25) is 0 Å². The van der Waals surface area contributed by atoms with E-state index in [1.54, 1.807) is 6.08 Å². The smallest absolute Gasteiger partial charge is 0.148 e. The van der Waals surface area contributed by atoms with E-state index >= 15 is 0 Å². The van der Waals surface area contributed by atoms with Crippen molar-refractivity contribution in [3.63, 3.8) is 0 Å². The molecule has 1 atom stereocenters. The van der Waals surface area contributed by atoms with Crippen molar-refractivity contribution in [2.24, 2.45) is 0 Å². The van der Waals surface area contributed by atoms with Gasteiger partial charge in [0.15, 0.2) is 0 Å². The number of likely N-dealkylation sites (N-methyl/N-ethyl adjacent to an activating group) is 1. The highest BCUT2D eigenvalue weighted by Gasteiger charge is 2.13. The van der Waals surface area contributed by atoms with E-state index in [1.165, 1.54) is 11.8 Å². The molecule has 0 bridgehead atoms. The molecular weight excluding hydrogens is 210 g/mol. The lowest BCUT2D eigenvalue weighted by Crippen LogP contribution is -2.34. The summed E-state index contributed by atoms with van der Waals surface area (Å²) in [5.74, 6) is 0.180. The topological polar surface area (TPSA) is 37.4 Å². The third-order valence-corrected chi connectivity index (χ3v) is 3.04. The fraction of sp³-hybridized carbons (Fsp3) is 0.750. The summed E-state index contributed by atoms with van der Waals surface area (Å²) in [4.78, 5) is 1.93. The minimum Gasteiger partial charge on any atom is -0.299 e. The quantitative estimate of drug-likeness (QED) is 0.704. The molecule has 0 heterocycles. The van der Waals surface area contributed by atoms with Crippen LogP contribution in [0.5, 0.6) is 0 Å². The van der Waals surface area contributed by atoms with E-state index in [-0.39, 0.29) is 11.8 Å². The molecule has 0 aromatic rings. The Hall–Kier alpha value is -0.0600. The van der Waals surface area contributed by atoms with Gasteiger partial charge in [-0.15, -0.1) is 0 Å². The van der Waals surface area contributed by atoms with Crippen molar-refractivity contribution in [2.75, 3.05) is 25.6 Å². The fourth-order valence-corrected chi connectivity index (χ4v) is 2.16. The lowest BCUT2D eigenvalue weighted by atomic mass is 10.3. The summed E-state index contributed by atoms with van der Waals surface area (Å²) < 4.78 is 21.9. The van der Waals surface area contributed by atoms with Gasteiger partial charge < -0.3 is 0 Å². The first kappa shape index (κ1) is 12.9. The zero-order valence-corrected chi connectivity index (χ0v) is 9.77. The zero-order valence-electron chi connectivity index (χ0n) is 8.20. The second kappa shape index (κ2) is 5.62. The zero-order chi connectivity index (χ0) is 10.5. The van der Waals surface area contributed by atoms with Gasteiger partial charge in [-0.25, -0.2) is 8.42 Å². The minimum atomic E-state index is -2.89. The Morgan fingerprint density at radius 3 is 2.46 bits per heavy atom. The predicted molar refractivity (Wildman–Crippen MR) is 56.8 cm³/mol. The molecule has 0 rings (SSSR count). The van der Waals surface area contributed by atoms with E-state index < -0.39 is 9.84 Å². The third-order valence-electron chi connectivity index (χ3n) is 1.78. The van der Waals surface area contributed by atoms with Crippen LogP contribution in [0.4, 0.5) is 0 Å². The van der Waals surface area contributed by atoms with Crippen molar-refractivity contribution in [1.82, 2.24) is 4.90 Å². The average Bonchev–Trinajstić information content (AvgIpc) is 1.96. The summed E-state index contributed by atoms with van der Waals surface area (Å²) in [6, 6.07) is 0.0165. The van der Waals surface area contributed by atoms with E-state index in [2.05, 4.69) is 0 Å². The van der Waals surface area contributed by atoms with Gasteiger partial charge in [-0.05, 0) is 14.0 Å². The molecule has 0 N–H and O–H groups in total. The number of halogens is 1. The highest BCUT2D eigenvalue weighted by atomic mass is 35.5. The van der Waals surface area contributed by atoms with Gasteiger partial charge in [0.25, 0.3) is 0 Å². The Morgan fingerprint density at radius 1 is 1.54 bits per heavy atom. The number of hydrogen-bond acceptors (Lipinski definition) is 3. The first-order valence-corrected chi connectivity index (χ1v) is 6.49. The summed E-state index contributed by atoms with van der Waals surface area (Å²) in [7, 11) is -1.02. The van der Waals surface area contributed by atoms with E-state index in [0.717, 1.165) is 0 Å². The molecule has 3 nitrogen and oxygen atoms in total. The largest absolute Gasteiger partial charge is 0.299 e. The van der Waals surface area contributed by atoms with Crippen LogP contribution in [0.1, 0.15) is 6.92 Å². The van der Waals surface area contributed by atoms with E-state index in [0.29, 0.717) is 6.54 Å². The van der Waals surface area contributed by atoms with Crippen molar-refractivity contribution in [2.45, 2.75) is 13.0 Å². The van der Waals surface area contributed by atoms with Crippen LogP contribution in [0.25, 0.3) is 0 Å². The molecule has 0 saturated heterocycles. The van der Waals surface area contributed by atoms with E-state index in [1.807, 2.05) is 18.9 Å². The molecule has 1 unspecified atom stereocenters. The first-order valence-electron chi connectivity index (χ1n) is 4.00. The van der Waals surface area contributed by atoms with Crippen LogP contribution >= 0.6 is 11.6 Å². The summed E-state index contributed by atoms with van der Waals surface area (Å²) >= 11 is 5.36. The highest BCUT2D eigenvalue weighted by molar-refractivity contribution is 7.90. The maximum absolute atomic E-state index is 10.9. The van der Waals surface area contributed by atoms with Gasteiger partial charge in [-0.2, -0.15) is 0 Å². The Bertz CT molecular complexity index is 261. The van der Waals surface area contributed by atoms with Gasteiger partial charge in [0.05, 0.1) is 5.75 Å². The highest BCUT2D eigenvalue weighted by Crippen LogP contribution is 1.99. The maximum Gasteiger partial charge on any atom is 0.148 e. The molecule has 0 aliphatic rings. The molecule has 0 radical (unpaired) electrons. The van der Waals surface area contributed by atoms with Crippen LogP contribution in [0, 0.1) is 0 Å². The van der Waals surface area contributed by atoms with Crippen molar-refractivity contribution in [1.29, 1.82) is 0 Å². The molecular formula is C8H16ClNO2S. The fourth-order valence-electron chi connectivity index (χ4n) is 0.951. The van der Waals surface area contributed by atoms with Gasteiger partial charge >= 0.3 is 0 Å². The minimum absolute atomic E-state index is 0.0165. The number of rotatable bonds is 5. The second-order valence-electron chi connectivity index (χ2n) is 3.24. The van der Waals surface area contributed by atoms with Gasteiger partial charge in [0, 0.05) is 24.4 Å². The van der Waals surface area contributed by atoms with Gasteiger partial charge in [-0.1, -0.05) is 17.7 Å². The molecule has 78 valence electrons. The SMILES string of the molecule is CC(CS(C)(=O)=O)N(C)CC=CCl. The first-order chi connectivity index (χ1) is 5.87.